The van der Waals surface area contributed by atoms with Crippen LogP contribution < -0.4 is 0 Å². The molecule has 0 aromatic heterocycles. The van der Waals surface area contributed by atoms with Crippen LogP contribution >= 0.6 is 0 Å². The van der Waals surface area contributed by atoms with Crippen LogP contribution in [0.2, 0.25) is 0 Å². The van der Waals surface area contributed by atoms with E-state index in [1.807, 2.05) is 0 Å². The lowest BCUT2D eigenvalue weighted by Gasteiger charge is -2.10. The molecule has 0 aliphatic heterocycles. The van der Waals surface area contributed by atoms with E-state index in [-0.39, 0.29) is 10.6 Å². The number of rotatable bonds is 1. The van der Waals surface area contributed by atoms with Crippen molar-refractivity contribution in [1.29, 1.82) is 0 Å². The van der Waals surface area contributed by atoms with Gasteiger partial charge in [0.05, 0.1) is 11.0 Å². The Morgan fingerprint density at radius 2 is 2.20 bits per heavy atom. The van der Waals surface area contributed by atoms with Crippen molar-refractivity contribution in [2.45, 2.75) is 31.8 Å². The predicted molar refractivity (Wildman–Crippen MR) is 55.6 cm³/mol. The molecule has 2 rings (SSSR count). The zero-order chi connectivity index (χ0) is 10.8. The van der Waals surface area contributed by atoms with Crippen molar-refractivity contribution < 1.29 is 10.0 Å². The Morgan fingerprint density at radius 3 is 2.93 bits per heavy atom. The molecule has 1 aromatic carbocycles. The number of fused-ring (bicyclic) bond motifs is 1. The fraction of sp³-hybridized carbons (Fsp3) is 0.455. The van der Waals surface area contributed by atoms with E-state index >= 15 is 0 Å². The van der Waals surface area contributed by atoms with Crippen molar-refractivity contribution in [1.82, 2.24) is 0 Å². The summed E-state index contributed by atoms with van der Waals surface area (Å²) in [6.07, 6.45) is 2.70. The Kier molecular flexibility index (Phi) is 2.68. The molecule has 15 heavy (non-hydrogen) atoms. The van der Waals surface area contributed by atoms with Crippen molar-refractivity contribution in [3.63, 3.8) is 0 Å². The van der Waals surface area contributed by atoms with Gasteiger partial charge >= 0.3 is 0 Å². The van der Waals surface area contributed by atoms with E-state index in [0.717, 1.165) is 18.4 Å². The van der Waals surface area contributed by atoms with Gasteiger partial charge in [0, 0.05) is 11.6 Å². The molecule has 0 saturated carbocycles. The van der Waals surface area contributed by atoms with Crippen LogP contribution in [0.1, 0.15) is 36.5 Å². The SMILES string of the molecule is O=[N+]([O-])c1cccc2c1CCCC[C@@H]2O. The van der Waals surface area contributed by atoms with Gasteiger partial charge in [0.2, 0.25) is 0 Å². The van der Waals surface area contributed by atoms with Crippen molar-refractivity contribution in [2.75, 3.05) is 0 Å². The van der Waals surface area contributed by atoms with Gasteiger partial charge in [-0.15, -0.1) is 0 Å². The largest absolute Gasteiger partial charge is 0.388 e. The number of hydrogen-bond acceptors (Lipinski definition) is 3. The smallest absolute Gasteiger partial charge is 0.272 e. The second-order valence-electron chi connectivity index (χ2n) is 3.86. The maximum Gasteiger partial charge on any atom is 0.272 e. The molecular weight excluding hydrogens is 194 g/mol. The highest BCUT2D eigenvalue weighted by Crippen LogP contribution is 2.33. The molecule has 1 aromatic rings. The summed E-state index contributed by atoms with van der Waals surface area (Å²) < 4.78 is 0. The third-order valence-corrected chi connectivity index (χ3v) is 2.90. The average molecular weight is 207 g/mol. The summed E-state index contributed by atoms with van der Waals surface area (Å²) >= 11 is 0. The number of nitro groups is 1. The third-order valence-electron chi connectivity index (χ3n) is 2.90. The lowest BCUT2D eigenvalue weighted by Crippen LogP contribution is -2.02. The standard InChI is InChI=1S/C11H13NO3/c13-11-7-2-1-4-8-9(11)5-3-6-10(8)12(14)15/h3,5-6,11,13H,1-2,4,7H2/t11-/m0/s1. The Morgan fingerprint density at radius 1 is 1.40 bits per heavy atom. The molecule has 4 heteroatoms. The second kappa shape index (κ2) is 3.98. The topological polar surface area (TPSA) is 63.4 Å². The van der Waals surface area contributed by atoms with E-state index in [2.05, 4.69) is 0 Å². The molecule has 0 fully saturated rings. The van der Waals surface area contributed by atoms with Gasteiger partial charge in [-0.1, -0.05) is 18.6 Å². The summed E-state index contributed by atoms with van der Waals surface area (Å²) in [7, 11) is 0. The second-order valence-corrected chi connectivity index (χ2v) is 3.86. The first-order valence-electron chi connectivity index (χ1n) is 5.14. The molecule has 0 bridgehead atoms. The molecule has 1 N–H and O–H groups in total. The number of hydrogen-bond donors (Lipinski definition) is 1. The lowest BCUT2D eigenvalue weighted by atomic mass is 9.99. The molecule has 80 valence electrons. The number of aliphatic hydroxyl groups is 1. The first kappa shape index (κ1) is 10.1. The van der Waals surface area contributed by atoms with Gasteiger partial charge in [0.25, 0.3) is 5.69 Å². The molecule has 0 amide bonds. The van der Waals surface area contributed by atoms with Crippen LogP contribution in [0.4, 0.5) is 5.69 Å². The van der Waals surface area contributed by atoms with E-state index in [1.165, 1.54) is 6.07 Å². The van der Waals surface area contributed by atoms with Crippen LogP contribution in [-0.4, -0.2) is 10.0 Å². The maximum absolute atomic E-state index is 10.8. The minimum atomic E-state index is -0.539. The van der Waals surface area contributed by atoms with Gasteiger partial charge < -0.3 is 5.11 Å². The minimum absolute atomic E-state index is 0.147. The van der Waals surface area contributed by atoms with Gasteiger partial charge in [-0.2, -0.15) is 0 Å². The first-order chi connectivity index (χ1) is 7.20. The lowest BCUT2D eigenvalue weighted by molar-refractivity contribution is -0.385. The minimum Gasteiger partial charge on any atom is -0.388 e. The average Bonchev–Trinajstić information content (AvgIpc) is 2.40. The molecule has 1 aliphatic rings. The van der Waals surface area contributed by atoms with E-state index in [9.17, 15) is 15.2 Å². The molecule has 4 nitrogen and oxygen atoms in total. The van der Waals surface area contributed by atoms with Gasteiger partial charge in [0.15, 0.2) is 0 Å². The monoisotopic (exact) mass is 207 g/mol. The van der Waals surface area contributed by atoms with Crippen molar-refractivity contribution in [3.05, 3.63) is 39.4 Å². The Bertz CT molecular complexity index is 389. The van der Waals surface area contributed by atoms with Gasteiger partial charge in [-0.3, -0.25) is 10.1 Å². The normalized spacial score (nSPS) is 20.5. The fourth-order valence-electron chi connectivity index (χ4n) is 2.14. The van der Waals surface area contributed by atoms with E-state index in [1.54, 1.807) is 12.1 Å². The molecule has 0 unspecified atom stereocenters. The molecule has 1 atom stereocenters. The highest BCUT2D eigenvalue weighted by molar-refractivity contribution is 5.47. The number of aliphatic hydroxyl groups excluding tert-OH is 1. The van der Waals surface area contributed by atoms with Crippen LogP contribution in [-0.2, 0) is 6.42 Å². The number of benzene rings is 1. The Hall–Kier alpha value is -1.42. The van der Waals surface area contributed by atoms with Crippen molar-refractivity contribution in [3.8, 4) is 0 Å². The summed E-state index contributed by atoms with van der Waals surface area (Å²) in [6, 6.07) is 4.95. The van der Waals surface area contributed by atoms with Crippen LogP contribution in [0.5, 0.6) is 0 Å². The number of nitro benzene ring substituents is 1. The van der Waals surface area contributed by atoms with Crippen LogP contribution in [0, 0.1) is 10.1 Å². The summed E-state index contributed by atoms with van der Waals surface area (Å²) in [6.45, 7) is 0. The maximum atomic E-state index is 10.8. The summed E-state index contributed by atoms with van der Waals surface area (Å²) in [5, 5.41) is 20.6. The number of nitrogens with zero attached hydrogens (tertiary/aromatic N) is 1. The third kappa shape index (κ3) is 1.85. The summed E-state index contributed by atoms with van der Waals surface area (Å²) in [5.74, 6) is 0. The van der Waals surface area contributed by atoms with E-state index in [4.69, 9.17) is 0 Å². The Labute approximate surface area is 87.7 Å². The van der Waals surface area contributed by atoms with Crippen LogP contribution in [0.3, 0.4) is 0 Å². The molecule has 0 saturated heterocycles. The summed E-state index contributed by atoms with van der Waals surface area (Å²) in [5.41, 5.74) is 1.60. The summed E-state index contributed by atoms with van der Waals surface area (Å²) in [4.78, 5) is 10.5. The quantitative estimate of drug-likeness (QED) is 0.436. The van der Waals surface area contributed by atoms with Crippen LogP contribution in [0.15, 0.2) is 18.2 Å². The van der Waals surface area contributed by atoms with Gasteiger partial charge in [-0.25, -0.2) is 0 Å². The molecule has 0 radical (unpaired) electrons. The molecule has 0 heterocycles. The molecule has 0 spiro atoms. The fourth-order valence-corrected chi connectivity index (χ4v) is 2.14. The highest BCUT2D eigenvalue weighted by atomic mass is 16.6. The zero-order valence-corrected chi connectivity index (χ0v) is 8.35. The van der Waals surface area contributed by atoms with Crippen molar-refractivity contribution in [2.24, 2.45) is 0 Å². The molecule has 1 aliphatic carbocycles. The zero-order valence-electron chi connectivity index (χ0n) is 8.35. The van der Waals surface area contributed by atoms with E-state index in [0.29, 0.717) is 18.4 Å². The Balaban J connectivity index is 2.53. The van der Waals surface area contributed by atoms with Crippen LogP contribution in [0.25, 0.3) is 0 Å². The van der Waals surface area contributed by atoms with Gasteiger partial charge in [-0.05, 0) is 24.8 Å². The highest BCUT2D eigenvalue weighted by Gasteiger charge is 2.23. The van der Waals surface area contributed by atoms with E-state index < -0.39 is 6.10 Å². The predicted octanol–water partition coefficient (Wildman–Crippen LogP) is 2.35. The van der Waals surface area contributed by atoms with Crippen molar-refractivity contribution >= 4 is 5.69 Å². The van der Waals surface area contributed by atoms with Gasteiger partial charge in [0.1, 0.15) is 0 Å². The first-order valence-corrected chi connectivity index (χ1v) is 5.14. The molecular formula is C11H13NO3.